The number of anilines is 1. The SMILES string of the molecule is CC(Oc1ccccc1C#N)C(=O)Nc1ccc2c(c1)Cc1ccccc1-2. The highest BCUT2D eigenvalue weighted by atomic mass is 16.5. The quantitative estimate of drug-likeness (QED) is 0.585. The molecule has 1 aliphatic carbocycles. The first-order valence-electron chi connectivity index (χ1n) is 8.83. The number of para-hydroxylation sites is 1. The molecule has 132 valence electrons. The number of carbonyl (C=O) groups is 1. The van der Waals surface area contributed by atoms with Crippen LogP contribution < -0.4 is 10.1 Å². The zero-order valence-corrected chi connectivity index (χ0v) is 14.9. The zero-order chi connectivity index (χ0) is 18.8. The predicted octanol–water partition coefficient (Wildman–Crippen LogP) is 4.54. The molecule has 3 aromatic rings. The Bertz CT molecular complexity index is 1070. The first kappa shape index (κ1) is 16.9. The van der Waals surface area contributed by atoms with Gasteiger partial charge in [0.1, 0.15) is 11.8 Å². The minimum atomic E-state index is -0.718. The van der Waals surface area contributed by atoms with Crippen molar-refractivity contribution in [1.29, 1.82) is 5.26 Å². The highest BCUT2D eigenvalue weighted by molar-refractivity contribution is 5.95. The summed E-state index contributed by atoms with van der Waals surface area (Å²) in [5, 5.41) is 12.0. The maximum absolute atomic E-state index is 12.5. The van der Waals surface area contributed by atoms with Gasteiger partial charge in [0.2, 0.25) is 0 Å². The molecule has 4 nitrogen and oxygen atoms in total. The van der Waals surface area contributed by atoms with E-state index in [4.69, 9.17) is 10.00 Å². The molecule has 0 aromatic heterocycles. The topological polar surface area (TPSA) is 62.1 Å². The van der Waals surface area contributed by atoms with E-state index in [1.54, 1.807) is 31.2 Å². The Kier molecular flexibility index (Phi) is 4.35. The van der Waals surface area contributed by atoms with Gasteiger partial charge in [0, 0.05) is 5.69 Å². The third-order valence-corrected chi connectivity index (χ3v) is 4.74. The van der Waals surface area contributed by atoms with Crippen molar-refractivity contribution in [2.75, 3.05) is 5.32 Å². The van der Waals surface area contributed by atoms with Crippen molar-refractivity contribution in [2.24, 2.45) is 0 Å². The van der Waals surface area contributed by atoms with E-state index in [1.165, 1.54) is 22.3 Å². The van der Waals surface area contributed by atoms with Crippen LogP contribution in [-0.4, -0.2) is 12.0 Å². The average Bonchev–Trinajstić information content (AvgIpc) is 3.06. The van der Waals surface area contributed by atoms with E-state index >= 15 is 0 Å². The number of nitrogens with zero attached hydrogens (tertiary/aromatic N) is 1. The predicted molar refractivity (Wildman–Crippen MR) is 105 cm³/mol. The molecule has 0 saturated carbocycles. The Morgan fingerprint density at radius 1 is 1.04 bits per heavy atom. The number of fused-ring (bicyclic) bond motifs is 3. The second kappa shape index (κ2) is 6.97. The van der Waals surface area contributed by atoms with Crippen LogP contribution >= 0.6 is 0 Å². The monoisotopic (exact) mass is 354 g/mol. The van der Waals surface area contributed by atoms with Crippen LogP contribution in [0.1, 0.15) is 23.6 Å². The Hall–Kier alpha value is -3.58. The summed E-state index contributed by atoms with van der Waals surface area (Å²) in [5.74, 6) is 0.158. The van der Waals surface area contributed by atoms with Crippen LogP contribution in [0.15, 0.2) is 66.7 Å². The molecule has 1 unspecified atom stereocenters. The van der Waals surface area contributed by atoms with Crippen LogP contribution in [0.25, 0.3) is 11.1 Å². The largest absolute Gasteiger partial charge is 0.480 e. The summed E-state index contributed by atoms with van der Waals surface area (Å²) in [6, 6.07) is 23.3. The van der Waals surface area contributed by atoms with Crippen LogP contribution in [-0.2, 0) is 11.2 Å². The van der Waals surface area contributed by atoms with Gasteiger partial charge >= 0.3 is 0 Å². The maximum atomic E-state index is 12.5. The van der Waals surface area contributed by atoms with E-state index in [0.717, 1.165) is 12.1 Å². The van der Waals surface area contributed by atoms with Crippen molar-refractivity contribution in [1.82, 2.24) is 0 Å². The van der Waals surface area contributed by atoms with E-state index in [9.17, 15) is 4.79 Å². The Morgan fingerprint density at radius 3 is 2.63 bits per heavy atom. The fourth-order valence-corrected chi connectivity index (χ4v) is 3.37. The first-order valence-corrected chi connectivity index (χ1v) is 8.83. The molecule has 0 radical (unpaired) electrons. The maximum Gasteiger partial charge on any atom is 0.265 e. The van der Waals surface area contributed by atoms with E-state index in [2.05, 4.69) is 23.5 Å². The molecule has 0 heterocycles. The van der Waals surface area contributed by atoms with Crippen molar-refractivity contribution in [3.63, 3.8) is 0 Å². The summed E-state index contributed by atoms with van der Waals surface area (Å²) in [6.45, 7) is 1.67. The van der Waals surface area contributed by atoms with Crippen molar-refractivity contribution >= 4 is 11.6 Å². The van der Waals surface area contributed by atoms with Gasteiger partial charge in [-0.15, -0.1) is 0 Å². The number of hydrogen-bond donors (Lipinski definition) is 1. The minimum Gasteiger partial charge on any atom is -0.480 e. The highest BCUT2D eigenvalue weighted by Crippen LogP contribution is 2.37. The molecule has 0 aliphatic heterocycles. The molecule has 1 aliphatic rings. The lowest BCUT2D eigenvalue weighted by Crippen LogP contribution is -2.30. The first-order chi connectivity index (χ1) is 13.2. The van der Waals surface area contributed by atoms with E-state index in [0.29, 0.717) is 11.3 Å². The minimum absolute atomic E-state index is 0.252. The van der Waals surface area contributed by atoms with Crippen LogP contribution in [0.4, 0.5) is 5.69 Å². The standard InChI is InChI=1S/C23H18N2O2/c1-15(27-22-9-5-3-7-17(22)14-24)23(26)25-19-10-11-21-18(13-19)12-16-6-2-4-8-20(16)21/h2-11,13,15H,12H2,1H3,(H,25,26). The summed E-state index contributed by atoms with van der Waals surface area (Å²) < 4.78 is 5.68. The molecule has 1 atom stereocenters. The number of benzene rings is 3. The molecular formula is C23H18N2O2. The fourth-order valence-electron chi connectivity index (χ4n) is 3.37. The van der Waals surface area contributed by atoms with Gasteiger partial charge in [0.05, 0.1) is 5.56 Å². The third-order valence-electron chi connectivity index (χ3n) is 4.74. The van der Waals surface area contributed by atoms with Crippen LogP contribution in [0, 0.1) is 11.3 Å². The second-order valence-electron chi connectivity index (χ2n) is 6.56. The number of carbonyl (C=O) groups excluding carboxylic acids is 1. The van der Waals surface area contributed by atoms with Crippen LogP contribution in [0.3, 0.4) is 0 Å². The van der Waals surface area contributed by atoms with Gasteiger partial charge in [-0.2, -0.15) is 5.26 Å². The van der Waals surface area contributed by atoms with Gasteiger partial charge < -0.3 is 10.1 Å². The molecule has 0 spiro atoms. The summed E-state index contributed by atoms with van der Waals surface area (Å²) >= 11 is 0. The van der Waals surface area contributed by atoms with Gasteiger partial charge in [-0.3, -0.25) is 4.79 Å². The summed E-state index contributed by atoms with van der Waals surface area (Å²) in [6.07, 6.45) is 0.154. The molecule has 1 N–H and O–H groups in total. The fraction of sp³-hybridized carbons (Fsp3) is 0.130. The van der Waals surface area contributed by atoms with Crippen LogP contribution in [0.5, 0.6) is 5.75 Å². The molecule has 27 heavy (non-hydrogen) atoms. The lowest BCUT2D eigenvalue weighted by Gasteiger charge is -2.16. The normalized spacial score (nSPS) is 12.4. The van der Waals surface area contributed by atoms with Crippen molar-refractivity contribution in [3.05, 3.63) is 83.4 Å². The number of rotatable bonds is 4. The van der Waals surface area contributed by atoms with Gasteiger partial charge in [0.25, 0.3) is 5.91 Å². The van der Waals surface area contributed by atoms with Crippen molar-refractivity contribution in [3.8, 4) is 22.9 Å². The average molecular weight is 354 g/mol. The van der Waals surface area contributed by atoms with Gasteiger partial charge in [0.15, 0.2) is 6.10 Å². The van der Waals surface area contributed by atoms with Crippen LogP contribution in [0.2, 0.25) is 0 Å². The van der Waals surface area contributed by atoms with Gasteiger partial charge in [-0.25, -0.2) is 0 Å². The summed E-state index contributed by atoms with van der Waals surface area (Å²) in [5.41, 5.74) is 6.15. The van der Waals surface area contributed by atoms with Gasteiger partial charge in [-0.1, -0.05) is 42.5 Å². The Morgan fingerprint density at radius 2 is 1.78 bits per heavy atom. The molecule has 4 heteroatoms. The second-order valence-corrected chi connectivity index (χ2v) is 6.56. The molecule has 0 bridgehead atoms. The number of nitriles is 1. The van der Waals surface area contributed by atoms with E-state index in [1.807, 2.05) is 30.3 Å². The number of nitrogens with one attached hydrogen (secondary N) is 1. The molecular weight excluding hydrogens is 336 g/mol. The third kappa shape index (κ3) is 3.28. The zero-order valence-electron chi connectivity index (χ0n) is 14.9. The highest BCUT2D eigenvalue weighted by Gasteiger charge is 2.20. The van der Waals surface area contributed by atoms with E-state index < -0.39 is 6.10 Å². The number of ether oxygens (including phenoxy) is 1. The molecule has 4 rings (SSSR count). The van der Waals surface area contributed by atoms with Crippen molar-refractivity contribution in [2.45, 2.75) is 19.4 Å². The summed E-state index contributed by atoms with van der Waals surface area (Å²) in [7, 11) is 0. The van der Waals surface area contributed by atoms with E-state index in [-0.39, 0.29) is 5.91 Å². The van der Waals surface area contributed by atoms with Gasteiger partial charge in [-0.05, 0) is 59.9 Å². The molecule has 3 aromatic carbocycles. The van der Waals surface area contributed by atoms with Crippen molar-refractivity contribution < 1.29 is 9.53 Å². The summed E-state index contributed by atoms with van der Waals surface area (Å²) in [4.78, 5) is 12.5. The lowest BCUT2D eigenvalue weighted by molar-refractivity contribution is -0.122. The Labute approximate surface area is 158 Å². The molecule has 0 saturated heterocycles. The number of amides is 1. The lowest BCUT2D eigenvalue weighted by atomic mass is 10.1. The number of hydrogen-bond acceptors (Lipinski definition) is 3. The Balaban J connectivity index is 1.47. The molecule has 0 fully saturated rings. The smallest absolute Gasteiger partial charge is 0.265 e. The molecule has 1 amide bonds.